The van der Waals surface area contributed by atoms with Gasteiger partial charge in [0.05, 0.1) is 6.61 Å². The molecule has 1 aliphatic heterocycles. The maximum Gasteiger partial charge on any atom is 0.227 e. The minimum atomic E-state index is -0.0257. The Hall–Kier alpha value is -1.09. The Bertz CT molecular complexity index is 393. The van der Waals surface area contributed by atoms with E-state index >= 15 is 0 Å². The van der Waals surface area contributed by atoms with Gasteiger partial charge in [-0.2, -0.15) is 0 Å². The van der Waals surface area contributed by atoms with Gasteiger partial charge in [0.15, 0.2) is 5.76 Å². The lowest BCUT2D eigenvalue weighted by molar-refractivity contribution is 0.0899. The van der Waals surface area contributed by atoms with Crippen LogP contribution in [-0.2, 0) is 4.74 Å². The molecule has 0 unspecified atom stereocenters. The van der Waals surface area contributed by atoms with E-state index in [0.29, 0.717) is 17.9 Å². The second kappa shape index (κ2) is 4.62. The Balaban J connectivity index is 2.20. The first kappa shape index (κ1) is 10.4. The van der Waals surface area contributed by atoms with Crippen LogP contribution in [-0.4, -0.2) is 12.4 Å². The van der Waals surface area contributed by atoms with E-state index in [1.807, 2.05) is 18.2 Å². The molecule has 78 valence electrons. The molecule has 0 fully saturated rings. The SMILES string of the molecule is O=C(C1=CCCCO1)c1ccc(Br)cc1. The van der Waals surface area contributed by atoms with Crippen molar-refractivity contribution in [2.24, 2.45) is 0 Å². The van der Waals surface area contributed by atoms with Crippen molar-refractivity contribution < 1.29 is 9.53 Å². The zero-order valence-electron chi connectivity index (χ0n) is 8.20. The number of hydrogen-bond donors (Lipinski definition) is 0. The first-order valence-electron chi connectivity index (χ1n) is 4.90. The van der Waals surface area contributed by atoms with E-state index in [2.05, 4.69) is 15.9 Å². The molecule has 0 spiro atoms. The number of rotatable bonds is 2. The van der Waals surface area contributed by atoms with Crippen LogP contribution in [0.5, 0.6) is 0 Å². The zero-order valence-corrected chi connectivity index (χ0v) is 9.79. The highest BCUT2D eigenvalue weighted by molar-refractivity contribution is 9.10. The summed E-state index contributed by atoms with van der Waals surface area (Å²) in [7, 11) is 0. The van der Waals surface area contributed by atoms with Gasteiger partial charge in [0.25, 0.3) is 0 Å². The Labute approximate surface area is 97.1 Å². The van der Waals surface area contributed by atoms with Crippen molar-refractivity contribution in [1.82, 2.24) is 0 Å². The first-order valence-corrected chi connectivity index (χ1v) is 5.70. The summed E-state index contributed by atoms with van der Waals surface area (Å²) in [5, 5.41) is 0. The van der Waals surface area contributed by atoms with Crippen molar-refractivity contribution in [3.8, 4) is 0 Å². The normalized spacial score (nSPS) is 15.4. The Morgan fingerprint density at radius 1 is 1.27 bits per heavy atom. The predicted molar refractivity (Wildman–Crippen MR) is 61.7 cm³/mol. The molecular weight excluding hydrogens is 256 g/mol. The molecule has 2 nitrogen and oxygen atoms in total. The highest BCUT2D eigenvalue weighted by atomic mass is 79.9. The number of carbonyl (C=O) groups excluding carboxylic acids is 1. The molecule has 0 amide bonds. The predicted octanol–water partition coefficient (Wildman–Crippen LogP) is 3.33. The van der Waals surface area contributed by atoms with Gasteiger partial charge in [-0.1, -0.05) is 15.9 Å². The molecular formula is C12H11BrO2. The third-order valence-electron chi connectivity index (χ3n) is 2.27. The second-order valence-corrected chi connectivity index (χ2v) is 4.31. The van der Waals surface area contributed by atoms with Gasteiger partial charge in [0.2, 0.25) is 5.78 Å². The molecule has 0 aliphatic carbocycles. The lowest BCUT2D eigenvalue weighted by Gasteiger charge is -2.13. The summed E-state index contributed by atoms with van der Waals surface area (Å²) in [6.07, 6.45) is 3.79. The fraction of sp³-hybridized carbons (Fsp3) is 0.250. The molecule has 1 heterocycles. The van der Waals surface area contributed by atoms with E-state index < -0.39 is 0 Å². The van der Waals surface area contributed by atoms with Gasteiger partial charge in [0.1, 0.15) is 0 Å². The third-order valence-corrected chi connectivity index (χ3v) is 2.79. The maximum absolute atomic E-state index is 11.9. The summed E-state index contributed by atoms with van der Waals surface area (Å²) in [6.45, 7) is 0.647. The van der Waals surface area contributed by atoms with Crippen molar-refractivity contribution >= 4 is 21.7 Å². The van der Waals surface area contributed by atoms with Crippen LogP contribution in [0, 0.1) is 0 Å². The lowest BCUT2D eigenvalue weighted by atomic mass is 10.1. The van der Waals surface area contributed by atoms with Crippen LogP contribution < -0.4 is 0 Å². The lowest BCUT2D eigenvalue weighted by Crippen LogP contribution is -2.11. The number of ketones is 1. The number of allylic oxidation sites excluding steroid dienone is 2. The van der Waals surface area contributed by atoms with Crippen molar-refractivity contribution in [2.75, 3.05) is 6.61 Å². The van der Waals surface area contributed by atoms with Crippen molar-refractivity contribution in [3.63, 3.8) is 0 Å². The number of carbonyl (C=O) groups is 1. The van der Waals surface area contributed by atoms with Gasteiger partial charge in [-0.15, -0.1) is 0 Å². The van der Waals surface area contributed by atoms with Crippen LogP contribution in [0.4, 0.5) is 0 Å². The molecule has 0 atom stereocenters. The average molecular weight is 267 g/mol. The summed E-state index contributed by atoms with van der Waals surface area (Å²) in [6, 6.07) is 7.31. The third kappa shape index (κ3) is 2.48. The largest absolute Gasteiger partial charge is 0.490 e. The van der Waals surface area contributed by atoms with Crippen LogP contribution >= 0.6 is 15.9 Å². The highest BCUT2D eigenvalue weighted by Gasteiger charge is 2.15. The molecule has 0 bridgehead atoms. The van der Waals surface area contributed by atoms with E-state index in [0.717, 1.165) is 17.3 Å². The van der Waals surface area contributed by atoms with Gasteiger partial charge in [0, 0.05) is 10.0 Å². The summed E-state index contributed by atoms with van der Waals surface area (Å²) in [5.41, 5.74) is 0.673. The van der Waals surface area contributed by atoms with Gasteiger partial charge in [-0.05, 0) is 43.2 Å². The topological polar surface area (TPSA) is 26.3 Å². The number of hydrogen-bond acceptors (Lipinski definition) is 2. The van der Waals surface area contributed by atoms with Crippen LogP contribution in [0.15, 0.2) is 40.6 Å². The number of Topliss-reactive ketones (excluding diaryl/α,β-unsaturated/α-hetero) is 1. The van der Waals surface area contributed by atoms with Crippen LogP contribution in [0.2, 0.25) is 0 Å². The second-order valence-electron chi connectivity index (χ2n) is 3.40. The van der Waals surface area contributed by atoms with E-state index in [9.17, 15) is 4.79 Å². The highest BCUT2D eigenvalue weighted by Crippen LogP contribution is 2.17. The average Bonchev–Trinajstić information content (AvgIpc) is 2.30. The summed E-state index contributed by atoms with van der Waals surface area (Å²) >= 11 is 3.33. The van der Waals surface area contributed by atoms with E-state index in [4.69, 9.17) is 4.74 Å². The minimum Gasteiger partial charge on any atom is -0.490 e. The Kier molecular flexibility index (Phi) is 3.21. The molecule has 1 aliphatic rings. The Morgan fingerprint density at radius 3 is 2.60 bits per heavy atom. The van der Waals surface area contributed by atoms with Gasteiger partial charge in [-0.3, -0.25) is 4.79 Å². The summed E-state index contributed by atoms with van der Waals surface area (Å²) in [4.78, 5) is 11.9. The molecule has 1 aromatic rings. The standard InChI is InChI=1S/C12H11BrO2/c13-10-6-4-9(5-7-10)12(14)11-3-1-2-8-15-11/h3-7H,1-2,8H2. The molecule has 0 N–H and O–H groups in total. The first-order chi connectivity index (χ1) is 7.27. The number of halogens is 1. The summed E-state index contributed by atoms with van der Waals surface area (Å²) < 4.78 is 6.29. The molecule has 15 heavy (non-hydrogen) atoms. The quantitative estimate of drug-likeness (QED) is 0.768. The minimum absolute atomic E-state index is 0.0257. The molecule has 0 saturated carbocycles. The van der Waals surface area contributed by atoms with Gasteiger partial charge in [-0.25, -0.2) is 0 Å². The molecule has 0 saturated heterocycles. The van der Waals surface area contributed by atoms with E-state index in [1.165, 1.54) is 0 Å². The van der Waals surface area contributed by atoms with Crippen molar-refractivity contribution in [3.05, 3.63) is 46.1 Å². The van der Waals surface area contributed by atoms with E-state index in [-0.39, 0.29) is 5.78 Å². The fourth-order valence-electron chi connectivity index (χ4n) is 1.46. The molecule has 3 heteroatoms. The molecule has 1 aromatic carbocycles. The van der Waals surface area contributed by atoms with Crippen LogP contribution in [0.25, 0.3) is 0 Å². The van der Waals surface area contributed by atoms with Gasteiger partial charge >= 0.3 is 0 Å². The van der Waals surface area contributed by atoms with Crippen molar-refractivity contribution in [1.29, 1.82) is 0 Å². The number of ether oxygens (including phenoxy) is 1. The van der Waals surface area contributed by atoms with Gasteiger partial charge < -0.3 is 4.74 Å². The summed E-state index contributed by atoms with van der Waals surface area (Å²) in [5.74, 6) is 0.464. The number of benzene rings is 1. The van der Waals surface area contributed by atoms with Crippen molar-refractivity contribution in [2.45, 2.75) is 12.8 Å². The molecule has 0 aromatic heterocycles. The zero-order chi connectivity index (χ0) is 10.7. The van der Waals surface area contributed by atoms with E-state index in [1.54, 1.807) is 12.1 Å². The maximum atomic E-state index is 11.9. The molecule has 2 rings (SSSR count). The monoisotopic (exact) mass is 266 g/mol. The van der Waals surface area contributed by atoms with Crippen LogP contribution in [0.3, 0.4) is 0 Å². The van der Waals surface area contributed by atoms with Crippen LogP contribution in [0.1, 0.15) is 23.2 Å². The molecule has 0 radical (unpaired) electrons. The Morgan fingerprint density at radius 2 is 2.00 bits per heavy atom. The smallest absolute Gasteiger partial charge is 0.227 e. The fourth-order valence-corrected chi connectivity index (χ4v) is 1.72.